The molecule has 0 spiro atoms. The van der Waals surface area contributed by atoms with Gasteiger partial charge in [0.25, 0.3) is 0 Å². The summed E-state index contributed by atoms with van der Waals surface area (Å²) in [7, 11) is 1.97. The summed E-state index contributed by atoms with van der Waals surface area (Å²) in [5.74, 6) is 0. The Balaban J connectivity index is 3.20. The van der Waals surface area contributed by atoms with Crippen molar-refractivity contribution in [2.45, 2.75) is 26.4 Å². The molecule has 14 heavy (non-hydrogen) atoms. The molecule has 0 saturated heterocycles. The van der Waals surface area contributed by atoms with Crippen LogP contribution in [0.2, 0.25) is 0 Å². The van der Waals surface area contributed by atoms with E-state index in [9.17, 15) is 4.79 Å². The van der Waals surface area contributed by atoms with Gasteiger partial charge in [0.15, 0.2) is 6.79 Å². The van der Waals surface area contributed by atoms with E-state index in [0.29, 0.717) is 6.61 Å². The zero-order chi connectivity index (χ0) is 10.8. The minimum Gasteiger partial charge on any atom is -0.434 e. The third-order valence-corrected chi connectivity index (χ3v) is 1.44. The topological polar surface area (TPSA) is 61.4 Å². The molecule has 0 heterocycles. The van der Waals surface area contributed by atoms with E-state index >= 15 is 0 Å². The van der Waals surface area contributed by atoms with Gasteiger partial charge in [-0.1, -0.05) is 0 Å². The lowest BCUT2D eigenvalue weighted by molar-refractivity contribution is -0.627. The summed E-state index contributed by atoms with van der Waals surface area (Å²) in [5.41, 5.74) is 0. The highest BCUT2D eigenvalue weighted by atomic mass is 16.8. The van der Waals surface area contributed by atoms with E-state index in [4.69, 9.17) is 9.47 Å². The first-order valence-electron chi connectivity index (χ1n) is 4.85. The summed E-state index contributed by atoms with van der Waals surface area (Å²) in [6.07, 6.45) is 0.218. The van der Waals surface area contributed by atoms with Crippen LogP contribution in [-0.2, 0) is 14.2 Å². The fourth-order valence-corrected chi connectivity index (χ4v) is 0.703. The van der Waals surface area contributed by atoms with Gasteiger partial charge in [-0.15, -0.1) is 0 Å². The molecule has 0 aliphatic carbocycles. The van der Waals surface area contributed by atoms with Crippen molar-refractivity contribution in [3.8, 4) is 0 Å². The number of quaternary nitrogens is 1. The van der Waals surface area contributed by atoms with Crippen LogP contribution in [0.4, 0.5) is 4.79 Å². The molecule has 0 saturated carbocycles. The highest BCUT2D eigenvalue weighted by molar-refractivity contribution is 5.59. The van der Waals surface area contributed by atoms with Gasteiger partial charge in [0, 0.05) is 6.42 Å². The first-order chi connectivity index (χ1) is 6.66. The van der Waals surface area contributed by atoms with Crippen LogP contribution < -0.4 is 5.32 Å². The van der Waals surface area contributed by atoms with Crippen LogP contribution in [0.5, 0.6) is 0 Å². The summed E-state index contributed by atoms with van der Waals surface area (Å²) in [4.78, 5) is 10.9. The molecule has 0 aromatic carbocycles. The summed E-state index contributed by atoms with van der Waals surface area (Å²) < 4.78 is 14.4. The average Bonchev–Trinajstić information content (AvgIpc) is 2.12. The Bertz CT molecular complexity index is 150. The van der Waals surface area contributed by atoms with Crippen LogP contribution in [0.1, 0.15) is 20.3 Å². The second-order valence-corrected chi connectivity index (χ2v) is 3.13. The van der Waals surface area contributed by atoms with Crippen LogP contribution in [0.15, 0.2) is 0 Å². The predicted octanol–water partition coefficient (Wildman–Crippen LogP) is 0.105. The van der Waals surface area contributed by atoms with Crippen LogP contribution in [0, 0.1) is 0 Å². The SMILES string of the molecule is C[NH2+]CCCOC(=O)OCOC(C)C. The van der Waals surface area contributed by atoms with Crippen LogP contribution >= 0.6 is 0 Å². The van der Waals surface area contributed by atoms with E-state index < -0.39 is 6.16 Å². The smallest absolute Gasteiger partial charge is 0.434 e. The molecule has 0 amide bonds. The van der Waals surface area contributed by atoms with Crippen molar-refractivity contribution in [1.82, 2.24) is 0 Å². The molecule has 0 radical (unpaired) electrons. The zero-order valence-electron chi connectivity index (χ0n) is 9.12. The Morgan fingerprint density at radius 2 is 2.07 bits per heavy atom. The fraction of sp³-hybridized carbons (Fsp3) is 0.889. The molecule has 0 aromatic rings. The molecule has 5 nitrogen and oxygen atoms in total. The molecule has 0 fully saturated rings. The molecule has 2 N–H and O–H groups in total. The monoisotopic (exact) mass is 206 g/mol. The Morgan fingerprint density at radius 3 is 2.64 bits per heavy atom. The van der Waals surface area contributed by atoms with E-state index in [1.165, 1.54) is 0 Å². The van der Waals surface area contributed by atoms with E-state index in [-0.39, 0.29) is 12.9 Å². The lowest BCUT2D eigenvalue weighted by atomic mass is 10.5. The lowest BCUT2D eigenvalue weighted by Gasteiger charge is -2.08. The van der Waals surface area contributed by atoms with Crippen molar-refractivity contribution in [1.29, 1.82) is 0 Å². The Labute approximate surface area is 84.7 Å². The molecule has 0 atom stereocenters. The fourth-order valence-electron chi connectivity index (χ4n) is 0.703. The van der Waals surface area contributed by atoms with Gasteiger partial charge in [-0.2, -0.15) is 0 Å². The van der Waals surface area contributed by atoms with Crippen LogP contribution in [0.25, 0.3) is 0 Å². The van der Waals surface area contributed by atoms with E-state index in [2.05, 4.69) is 4.74 Å². The number of carbonyl (C=O) groups is 1. The molecule has 0 aromatic heterocycles. The number of nitrogens with two attached hydrogens (primary N) is 1. The molecule has 0 rings (SSSR count). The second-order valence-electron chi connectivity index (χ2n) is 3.13. The van der Waals surface area contributed by atoms with Crippen molar-refractivity contribution in [2.75, 3.05) is 27.0 Å². The Hall–Kier alpha value is -0.810. The first kappa shape index (κ1) is 13.2. The minimum absolute atomic E-state index is 0.0452. The van der Waals surface area contributed by atoms with Gasteiger partial charge in [-0.25, -0.2) is 4.79 Å². The first-order valence-corrected chi connectivity index (χ1v) is 4.85. The maximum atomic E-state index is 10.9. The highest BCUT2D eigenvalue weighted by Crippen LogP contribution is 1.91. The summed E-state index contributed by atoms with van der Waals surface area (Å²) in [6.45, 7) is 5.02. The van der Waals surface area contributed by atoms with Gasteiger partial charge < -0.3 is 19.5 Å². The molecule has 84 valence electrons. The van der Waals surface area contributed by atoms with Gasteiger partial charge in [0.05, 0.1) is 19.7 Å². The molecule has 0 bridgehead atoms. The summed E-state index contributed by atoms with van der Waals surface area (Å²) in [5, 5.41) is 2.02. The third kappa shape index (κ3) is 9.28. The third-order valence-electron chi connectivity index (χ3n) is 1.44. The largest absolute Gasteiger partial charge is 0.510 e. The molecule has 0 unspecified atom stereocenters. The lowest BCUT2D eigenvalue weighted by Crippen LogP contribution is -2.79. The van der Waals surface area contributed by atoms with Gasteiger partial charge in [-0.3, -0.25) is 0 Å². The predicted molar refractivity (Wildman–Crippen MR) is 50.9 cm³/mol. The van der Waals surface area contributed by atoms with Gasteiger partial charge >= 0.3 is 6.16 Å². The number of hydrogen-bond donors (Lipinski definition) is 1. The highest BCUT2D eigenvalue weighted by Gasteiger charge is 2.03. The summed E-state index contributed by atoms with van der Waals surface area (Å²) >= 11 is 0. The van der Waals surface area contributed by atoms with Crippen molar-refractivity contribution < 1.29 is 24.3 Å². The van der Waals surface area contributed by atoms with E-state index in [0.717, 1.165) is 13.0 Å². The maximum Gasteiger partial charge on any atom is 0.510 e. The molecular formula is C9H20NO4+. The molecule has 0 aliphatic rings. The average molecular weight is 206 g/mol. The number of rotatable bonds is 7. The number of hydrogen-bond acceptors (Lipinski definition) is 4. The summed E-state index contributed by atoms with van der Waals surface area (Å²) in [6, 6.07) is 0. The molecular weight excluding hydrogens is 186 g/mol. The standard InChI is InChI=1S/C9H19NO4/c1-8(2)13-7-14-9(11)12-6-4-5-10-3/h8,10H,4-7H2,1-3H3/p+1. The van der Waals surface area contributed by atoms with Crippen LogP contribution in [0.3, 0.4) is 0 Å². The van der Waals surface area contributed by atoms with E-state index in [1.54, 1.807) is 0 Å². The van der Waals surface area contributed by atoms with Crippen molar-refractivity contribution in [3.63, 3.8) is 0 Å². The quantitative estimate of drug-likeness (QED) is 0.365. The zero-order valence-corrected chi connectivity index (χ0v) is 9.12. The normalized spacial score (nSPS) is 10.3. The Kier molecular flexibility index (Phi) is 8.27. The van der Waals surface area contributed by atoms with Crippen molar-refractivity contribution in [3.05, 3.63) is 0 Å². The van der Waals surface area contributed by atoms with E-state index in [1.807, 2.05) is 26.2 Å². The van der Waals surface area contributed by atoms with Crippen molar-refractivity contribution in [2.24, 2.45) is 0 Å². The van der Waals surface area contributed by atoms with Gasteiger partial charge in [0.2, 0.25) is 0 Å². The molecule has 0 aliphatic heterocycles. The Morgan fingerprint density at radius 1 is 1.36 bits per heavy atom. The number of ether oxygens (including phenoxy) is 3. The van der Waals surface area contributed by atoms with Gasteiger partial charge in [0.1, 0.15) is 6.61 Å². The molecule has 5 heteroatoms. The second kappa shape index (κ2) is 8.77. The minimum atomic E-state index is -0.665. The van der Waals surface area contributed by atoms with Gasteiger partial charge in [-0.05, 0) is 13.8 Å². The van der Waals surface area contributed by atoms with Crippen molar-refractivity contribution >= 4 is 6.16 Å². The maximum absolute atomic E-state index is 10.9. The number of carbonyl (C=O) groups excluding carboxylic acids is 1. The van der Waals surface area contributed by atoms with Crippen LogP contribution in [-0.4, -0.2) is 39.3 Å².